The summed E-state index contributed by atoms with van der Waals surface area (Å²) >= 11 is 6.14. The van der Waals surface area contributed by atoms with Crippen LogP contribution in [0.4, 0.5) is 0 Å². The van der Waals surface area contributed by atoms with Crippen molar-refractivity contribution in [2.45, 2.75) is 31.6 Å². The molecular formula is C19H16ClN3. The van der Waals surface area contributed by atoms with E-state index < -0.39 is 0 Å². The number of rotatable bonds is 3. The van der Waals surface area contributed by atoms with E-state index in [9.17, 15) is 0 Å². The van der Waals surface area contributed by atoms with E-state index >= 15 is 0 Å². The van der Waals surface area contributed by atoms with Crippen molar-refractivity contribution in [3.63, 3.8) is 0 Å². The first-order chi connectivity index (χ1) is 11.1. The number of hydrogen-bond donors (Lipinski definition) is 1. The predicted molar refractivity (Wildman–Crippen MR) is 91.7 cm³/mol. The number of aromatic amines is 1. The highest BCUT2D eigenvalue weighted by Gasteiger charge is 2.42. The monoisotopic (exact) mass is 321 g/mol. The van der Waals surface area contributed by atoms with Crippen LogP contribution >= 0.6 is 11.6 Å². The molecule has 1 aliphatic rings. The van der Waals surface area contributed by atoms with Gasteiger partial charge in [-0.25, -0.2) is 4.98 Å². The molecule has 0 bridgehead atoms. The molecule has 4 rings (SSSR count). The number of pyridine rings is 1. The van der Waals surface area contributed by atoms with Gasteiger partial charge in [0.1, 0.15) is 11.8 Å². The van der Waals surface area contributed by atoms with E-state index in [0.29, 0.717) is 5.69 Å². The largest absolute Gasteiger partial charge is 0.358 e. The van der Waals surface area contributed by atoms with E-state index in [0.717, 1.165) is 22.7 Å². The van der Waals surface area contributed by atoms with Crippen molar-refractivity contribution in [1.82, 2.24) is 9.97 Å². The van der Waals surface area contributed by atoms with Crippen molar-refractivity contribution in [2.75, 3.05) is 0 Å². The van der Waals surface area contributed by atoms with E-state index in [-0.39, 0.29) is 5.41 Å². The summed E-state index contributed by atoms with van der Waals surface area (Å²) in [5.74, 6) is 0. The summed E-state index contributed by atoms with van der Waals surface area (Å²) < 4.78 is 0. The Kier molecular flexibility index (Phi) is 3.18. The van der Waals surface area contributed by atoms with Crippen LogP contribution in [0.1, 0.15) is 42.4 Å². The second-order valence-corrected chi connectivity index (χ2v) is 6.97. The number of nitriles is 1. The lowest BCUT2D eigenvalue weighted by Gasteiger charge is -2.10. The Labute approximate surface area is 139 Å². The summed E-state index contributed by atoms with van der Waals surface area (Å²) in [7, 11) is 0. The van der Waals surface area contributed by atoms with Gasteiger partial charge in [-0.3, -0.25) is 0 Å². The van der Waals surface area contributed by atoms with Gasteiger partial charge in [-0.15, -0.1) is 0 Å². The van der Waals surface area contributed by atoms with Gasteiger partial charge in [-0.1, -0.05) is 30.7 Å². The fraction of sp³-hybridized carbons (Fsp3) is 0.263. The summed E-state index contributed by atoms with van der Waals surface area (Å²) in [6.45, 7) is 2.29. The zero-order valence-electron chi connectivity index (χ0n) is 12.9. The molecule has 1 saturated carbocycles. The molecule has 0 saturated heterocycles. The summed E-state index contributed by atoms with van der Waals surface area (Å²) in [4.78, 5) is 8.01. The van der Waals surface area contributed by atoms with Gasteiger partial charge in [0, 0.05) is 39.1 Å². The van der Waals surface area contributed by atoms with Crippen molar-refractivity contribution in [2.24, 2.45) is 0 Å². The Hall–Kier alpha value is -2.31. The first-order valence-electron chi connectivity index (χ1n) is 7.76. The number of hydrogen-bond acceptors (Lipinski definition) is 2. The van der Waals surface area contributed by atoms with Gasteiger partial charge >= 0.3 is 0 Å². The summed E-state index contributed by atoms with van der Waals surface area (Å²) in [6.07, 6.45) is 3.13. The second-order valence-electron chi connectivity index (χ2n) is 6.53. The average molecular weight is 322 g/mol. The molecule has 0 spiro atoms. The van der Waals surface area contributed by atoms with Crippen LogP contribution in [0.2, 0.25) is 5.02 Å². The lowest BCUT2D eigenvalue weighted by atomic mass is 9.96. The minimum absolute atomic E-state index is 0.230. The smallest absolute Gasteiger partial charge is 0.140 e. The average Bonchev–Trinajstić information content (AvgIpc) is 3.20. The molecule has 1 N–H and O–H groups in total. The molecule has 1 aromatic carbocycles. The highest BCUT2D eigenvalue weighted by Crippen LogP contribution is 2.50. The topological polar surface area (TPSA) is 52.5 Å². The molecule has 4 heteroatoms. The summed E-state index contributed by atoms with van der Waals surface area (Å²) in [5.41, 5.74) is 5.26. The van der Waals surface area contributed by atoms with Gasteiger partial charge in [0.2, 0.25) is 0 Å². The standard InChI is InChI=1S/C19H16ClN3/c1-19(7-8-19)18-16(10-13-3-2-4-14(11-21)22-13)15-6-5-12(20)9-17(15)23-18/h2-6,9,23H,7-8,10H2,1H3. The van der Waals surface area contributed by atoms with Gasteiger partial charge in [0.25, 0.3) is 0 Å². The summed E-state index contributed by atoms with van der Waals surface area (Å²) in [5, 5.41) is 11.0. The number of nitrogens with one attached hydrogen (secondary N) is 1. The van der Waals surface area contributed by atoms with Gasteiger partial charge < -0.3 is 4.98 Å². The fourth-order valence-corrected chi connectivity index (χ4v) is 3.36. The van der Waals surface area contributed by atoms with E-state index in [1.807, 2.05) is 24.3 Å². The Morgan fingerprint density at radius 2 is 2.13 bits per heavy atom. The maximum absolute atomic E-state index is 9.05. The number of benzene rings is 1. The third kappa shape index (κ3) is 2.50. The van der Waals surface area contributed by atoms with Crippen LogP contribution in [0.15, 0.2) is 36.4 Å². The molecule has 0 unspecified atom stereocenters. The third-order valence-corrected chi connectivity index (χ3v) is 4.99. The molecule has 23 heavy (non-hydrogen) atoms. The number of fused-ring (bicyclic) bond motifs is 1. The molecule has 0 atom stereocenters. The first kappa shape index (κ1) is 14.3. The molecular weight excluding hydrogens is 306 g/mol. The van der Waals surface area contributed by atoms with Crippen LogP contribution < -0.4 is 0 Å². The number of H-pyrrole nitrogens is 1. The molecule has 0 amide bonds. The fourth-order valence-electron chi connectivity index (χ4n) is 3.19. The molecule has 0 radical (unpaired) electrons. The number of halogens is 1. The zero-order chi connectivity index (χ0) is 16.0. The number of aromatic nitrogens is 2. The SMILES string of the molecule is CC1(c2[nH]c3cc(Cl)ccc3c2Cc2cccc(C#N)n2)CC1. The minimum atomic E-state index is 0.230. The minimum Gasteiger partial charge on any atom is -0.358 e. The Morgan fingerprint density at radius 1 is 1.30 bits per heavy atom. The molecule has 0 aliphatic heterocycles. The Bertz CT molecular complexity index is 945. The van der Waals surface area contributed by atoms with Crippen LogP contribution in [0, 0.1) is 11.3 Å². The van der Waals surface area contributed by atoms with E-state index in [1.54, 1.807) is 6.07 Å². The molecule has 114 valence electrons. The Balaban J connectivity index is 1.86. The normalized spacial score (nSPS) is 15.5. The highest BCUT2D eigenvalue weighted by atomic mass is 35.5. The van der Waals surface area contributed by atoms with Gasteiger partial charge in [0.15, 0.2) is 0 Å². The second kappa shape index (κ2) is 5.11. The van der Waals surface area contributed by atoms with Gasteiger partial charge in [-0.2, -0.15) is 5.26 Å². The van der Waals surface area contributed by atoms with Gasteiger partial charge in [-0.05, 0) is 42.7 Å². The highest BCUT2D eigenvalue weighted by molar-refractivity contribution is 6.31. The van der Waals surface area contributed by atoms with Crippen molar-refractivity contribution >= 4 is 22.5 Å². The Morgan fingerprint density at radius 3 is 2.87 bits per heavy atom. The lowest BCUT2D eigenvalue weighted by molar-refractivity contribution is 0.748. The molecule has 2 heterocycles. The van der Waals surface area contributed by atoms with Crippen molar-refractivity contribution in [3.8, 4) is 6.07 Å². The maximum Gasteiger partial charge on any atom is 0.140 e. The maximum atomic E-state index is 9.05. The quantitative estimate of drug-likeness (QED) is 0.758. The van der Waals surface area contributed by atoms with E-state index in [4.69, 9.17) is 16.9 Å². The molecule has 3 nitrogen and oxygen atoms in total. The van der Waals surface area contributed by atoms with Crippen LogP contribution in [0.25, 0.3) is 10.9 Å². The van der Waals surface area contributed by atoms with Crippen LogP contribution in [0.3, 0.4) is 0 Å². The van der Waals surface area contributed by atoms with E-state index in [2.05, 4.69) is 29.0 Å². The van der Waals surface area contributed by atoms with Gasteiger partial charge in [0.05, 0.1) is 0 Å². The molecule has 3 aromatic rings. The number of nitrogens with zero attached hydrogens (tertiary/aromatic N) is 2. The van der Waals surface area contributed by atoms with Crippen molar-refractivity contribution < 1.29 is 0 Å². The molecule has 2 aromatic heterocycles. The van der Waals surface area contributed by atoms with Crippen molar-refractivity contribution in [1.29, 1.82) is 5.26 Å². The van der Waals surface area contributed by atoms with E-state index in [1.165, 1.54) is 29.5 Å². The first-order valence-corrected chi connectivity index (χ1v) is 8.13. The van der Waals surface area contributed by atoms with Crippen LogP contribution in [-0.4, -0.2) is 9.97 Å². The molecule has 1 aliphatic carbocycles. The molecule has 1 fully saturated rings. The lowest BCUT2D eigenvalue weighted by Crippen LogP contribution is -2.05. The summed E-state index contributed by atoms with van der Waals surface area (Å²) in [6, 6.07) is 13.7. The van der Waals surface area contributed by atoms with Crippen molar-refractivity contribution in [3.05, 3.63) is 64.1 Å². The van der Waals surface area contributed by atoms with Crippen LogP contribution in [-0.2, 0) is 11.8 Å². The predicted octanol–water partition coefficient (Wildman–Crippen LogP) is 4.73. The third-order valence-electron chi connectivity index (χ3n) is 4.75. The zero-order valence-corrected chi connectivity index (χ0v) is 13.6. The van der Waals surface area contributed by atoms with Crippen LogP contribution in [0.5, 0.6) is 0 Å².